The number of hydrogen-bond donors (Lipinski definition) is 3. The molecule has 2 heterocycles. The zero-order chi connectivity index (χ0) is 22.1. The maximum atomic E-state index is 12.3. The summed E-state index contributed by atoms with van der Waals surface area (Å²) in [5, 5.41) is 10.8. The number of nitrogens with one attached hydrogen (secondary N) is 3. The zero-order valence-corrected chi connectivity index (χ0v) is 17.9. The average Bonchev–Trinajstić information content (AvgIpc) is 3.38. The summed E-state index contributed by atoms with van der Waals surface area (Å²) in [6, 6.07) is 14.3. The van der Waals surface area contributed by atoms with E-state index in [0.29, 0.717) is 18.2 Å². The SMILES string of the molecule is CCc1ccc(-n2cc(-c3ccc4[nH]cc(NC(=O)C(=O)NCC5CC5)c4c3)cn2)cc1. The van der Waals surface area contributed by atoms with Gasteiger partial charge < -0.3 is 15.6 Å². The maximum Gasteiger partial charge on any atom is 0.313 e. The second-order valence-corrected chi connectivity index (χ2v) is 8.26. The van der Waals surface area contributed by atoms with Crippen LogP contribution >= 0.6 is 0 Å². The number of amides is 2. The highest BCUT2D eigenvalue weighted by Crippen LogP contribution is 2.30. The van der Waals surface area contributed by atoms with E-state index in [-0.39, 0.29) is 0 Å². The van der Waals surface area contributed by atoms with Crippen molar-refractivity contribution >= 4 is 28.4 Å². The predicted octanol–water partition coefficient (Wildman–Crippen LogP) is 4.05. The molecular weight excluding hydrogens is 402 g/mol. The van der Waals surface area contributed by atoms with Crippen LogP contribution in [0.3, 0.4) is 0 Å². The molecule has 2 aromatic heterocycles. The molecule has 1 fully saturated rings. The standard InChI is InChI=1S/C25H25N5O2/c1-2-16-5-8-20(9-6-16)30-15-19(13-28-30)18-7-10-22-21(11-18)23(14-26-22)29-25(32)24(31)27-12-17-3-4-17/h5-11,13-15,17,26H,2-4,12H2,1H3,(H,27,31)(H,29,32). The smallest absolute Gasteiger partial charge is 0.313 e. The quantitative estimate of drug-likeness (QED) is 0.406. The molecule has 0 atom stereocenters. The van der Waals surface area contributed by atoms with E-state index in [0.717, 1.165) is 47.0 Å². The van der Waals surface area contributed by atoms with Crippen molar-refractivity contribution in [3.63, 3.8) is 0 Å². The third kappa shape index (κ3) is 4.14. The van der Waals surface area contributed by atoms with Gasteiger partial charge in [-0.3, -0.25) is 9.59 Å². The molecule has 0 spiro atoms. The van der Waals surface area contributed by atoms with E-state index in [9.17, 15) is 9.59 Å². The molecule has 0 unspecified atom stereocenters. The van der Waals surface area contributed by atoms with E-state index in [1.165, 1.54) is 5.56 Å². The van der Waals surface area contributed by atoms with Crippen molar-refractivity contribution in [2.75, 3.05) is 11.9 Å². The molecule has 1 aliphatic carbocycles. The number of carbonyl (C=O) groups is 2. The van der Waals surface area contributed by atoms with Gasteiger partial charge in [0, 0.05) is 35.4 Å². The Morgan fingerprint density at radius 3 is 2.66 bits per heavy atom. The van der Waals surface area contributed by atoms with Gasteiger partial charge in [0.25, 0.3) is 0 Å². The average molecular weight is 428 g/mol. The van der Waals surface area contributed by atoms with Gasteiger partial charge in [0.05, 0.1) is 17.6 Å². The van der Waals surface area contributed by atoms with Crippen LogP contribution in [0.15, 0.2) is 61.1 Å². The molecule has 162 valence electrons. The van der Waals surface area contributed by atoms with E-state index < -0.39 is 11.8 Å². The van der Waals surface area contributed by atoms with Gasteiger partial charge in [0.15, 0.2) is 0 Å². The second-order valence-electron chi connectivity index (χ2n) is 8.26. The van der Waals surface area contributed by atoms with Crippen LogP contribution < -0.4 is 10.6 Å². The maximum absolute atomic E-state index is 12.3. The number of nitrogens with zero attached hydrogens (tertiary/aromatic N) is 2. The van der Waals surface area contributed by atoms with Crippen molar-refractivity contribution in [1.82, 2.24) is 20.1 Å². The highest BCUT2D eigenvalue weighted by molar-refractivity contribution is 6.40. The van der Waals surface area contributed by atoms with Gasteiger partial charge in [0.1, 0.15) is 0 Å². The van der Waals surface area contributed by atoms with Crippen molar-refractivity contribution in [2.24, 2.45) is 5.92 Å². The Labute approximate surface area is 185 Å². The number of aryl methyl sites for hydroxylation is 1. The first-order chi connectivity index (χ1) is 15.6. The Morgan fingerprint density at radius 2 is 1.91 bits per heavy atom. The fourth-order valence-electron chi connectivity index (χ4n) is 3.72. The topological polar surface area (TPSA) is 91.8 Å². The number of fused-ring (bicyclic) bond motifs is 1. The summed E-state index contributed by atoms with van der Waals surface area (Å²) >= 11 is 0. The number of carbonyl (C=O) groups excluding carboxylic acids is 2. The van der Waals surface area contributed by atoms with Crippen molar-refractivity contribution in [3.8, 4) is 16.8 Å². The lowest BCUT2D eigenvalue weighted by Crippen LogP contribution is -2.36. The van der Waals surface area contributed by atoms with Gasteiger partial charge in [-0.25, -0.2) is 4.68 Å². The van der Waals surface area contributed by atoms with Gasteiger partial charge in [-0.1, -0.05) is 25.1 Å². The number of anilines is 1. The fraction of sp³-hybridized carbons (Fsp3) is 0.240. The van der Waals surface area contributed by atoms with E-state index in [1.54, 1.807) is 6.20 Å². The first-order valence-corrected chi connectivity index (χ1v) is 11.0. The van der Waals surface area contributed by atoms with Crippen LogP contribution in [0.1, 0.15) is 25.3 Å². The van der Waals surface area contributed by atoms with E-state index in [1.807, 2.05) is 35.3 Å². The lowest BCUT2D eigenvalue weighted by atomic mass is 10.1. The Bertz CT molecular complexity index is 1280. The highest BCUT2D eigenvalue weighted by Gasteiger charge is 2.23. The molecule has 5 rings (SSSR count). The van der Waals surface area contributed by atoms with Crippen molar-refractivity contribution in [2.45, 2.75) is 26.2 Å². The van der Waals surface area contributed by atoms with E-state index >= 15 is 0 Å². The summed E-state index contributed by atoms with van der Waals surface area (Å²) in [4.78, 5) is 27.5. The Kier molecular flexibility index (Phi) is 5.23. The third-order valence-corrected chi connectivity index (χ3v) is 5.91. The van der Waals surface area contributed by atoms with Crippen LogP contribution in [0.5, 0.6) is 0 Å². The van der Waals surface area contributed by atoms with Crippen molar-refractivity contribution in [1.29, 1.82) is 0 Å². The Morgan fingerprint density at radius 1 is 1.09 bits per heavy atom. The number of hydrogen-bond acceptors (Lipinski definition) is 3. The van der Waals surface area contributed by atoms with E-state index in [2.05, 4.69) is 51.9 Å². The number of aromatic amines is 1. The highest BCUT2D eigenvalue weighted by atomic mass is 16.2. The molecule has 0 radical (unpaired) electrons. The van der Waals surface area contributed by atoms with Crippen LogP contribution in [-0.4, -0.2) is 33.1 Å². The number of aromatic nitrogens is 3. The molecule has 7 heteroatoms. The molecule has 4 aromatic rings. The minimum atomic E-state index is -0.653. The molecule has 0 aliphatic heterocycles. The van der Waals surface area contributed by atoms with Gasteiger partial charge in [-0.05, 0) is 60.6 Å². The van der Waals surface area contributed by atoms with Crippen LogP contribution in [0.2, 0.25) is 0 Å². The Hall–Kier alpha value is -3.87. The van der Waals surface area contributed by atoms with Gasteiger partial charge in [0.2, 0.25) is 0 Å². The molecule has 7 nitrogen and oxygen atoms in total. The number of benzene rings is 2. The predicted molar refractivity (Wildman–Crippen MR) is 125 cm³/mol. The Balaban J connectivity index is 1.35. The molecule has 32 heavy (non-hydrogen) atoms. The summed E-state index contributed by atoms with van der Waals surface area (Å²) in [5.41, 5.74) is 5.69. The van der Waals surface area contributed by atoms with Crippen LogP contribution in [-0.2, 0) is 16.0 Å². The minimum absolute atomic E-state index is 0.521. The van der Waals surface area contributed by atoms with Crippen molar-refractivity contribution < 1.29 is 9.59 Å². The summed E-state index contributed by atoms with van der Waals surface area (Å²) in [6.07, 6.45) is 8.76. The molecule has 2 amide bonds. The van der Waals surface area contributed by atoms with E-state index in [4.69, 9.17) is 0 Å². The monoisotopic (exact) mass is 427 g/mol. The molecule has 3 N–H and O–H groups in total. The normalized spacial score (nSPS) is 13.3. The molecule has 0 bridgehead atoms. The molecule has 2 aromatic carbocycles. The largest absolute Gasteiger partial charge is 0.359 e. The summed E-state index contributed by atoms with van der Waals surface area (Å²) in [7, 11) is 0. The van der Waals surface area contributed by atoms with Gasteiger partial charge >= 0.3 is 11.8 Å². The fourth-order valence-corrected chi connectivity index (χ4v) is 3.72. The summed E-state index contributed by atoms with van der Waals surface area (Å²) in [6.45, 7) is 2.70. The minimum Gasteiger partial charge on any atom is -0.359 e. The first kappa shape index (κ1) is 20.1. The summed E-state index contributed by atoms with van der Waals surface area (Å²) in [5.74, 6) is -0.731. The molecule has 1 aliphatic rings. The number of rotatable bonds is 6. The van der Waals surface area contributed by atoms with Crippen LogP contribution in [0, 0.1) is 5.92 Å². The second kappa shape index (κ2) is 8.34. The molecule has 0 saturated heterocycles. The molecule has 1 saturated carbocycles. The lowest BCUT2D eigenvalue weighted by Gasteiger charge is -2.06. The zero-order valence-electron chi connectivity index (χ0n) is 17.9. The lowest BCUT2D eigenvalue weighted by molar-refractivity contribution is -0.136. The third-order valence-electron chi connectivity index (χ3n) is 5.91. The molecular formula is C25H25N5O2. The van der Waals surface area contributed by atoms with Gasteiger partial charge in [-0.15, -0.1) is 0 Å². The van der Waals surface area contributed by atoms with Crippen molar-refractivity contribution in [3.05, 3.63) is 66.6 Å². The van der Waals surface area contributed by atoms with Crippen LogP contribution in [0.25, 0.3) is 27.7 Å². The summed E-state index contributed by atoms with van der Waals surface area (Å²) < 4.78 is 1.85. The first-order valence-electron chi connectivity index (χ1n) is 11.0. The van der Waals surface area contributed by atoms with Gasteiger partial charge in [-0.2, -0.15) is 5.10 Å². The number of H-pyrrole nitrogens is 1. The van der Waals surface area contributed by atoms with Crippen LogP contribution in [0.4, 0.5) is 5.69 Å².